The first-order chi connectivity index (χ1) is 6.56. The quantitative estimate of drug-likeness (QED) is 0.670. The maximum Gasteiger partial charge on any atom is 0.123 e. The summed E-state index contributed by atoms with van der Waals surface area (Å²) in [5.41, 5.74) is 1.40. The average molecular weight is 194 g/mol. The van der Waals surface area contributed by atoms with E-state index in [1.54, 1.807) is 12.1 Å². The Bertz CT molecular complexity index is 272. The fraction of sp³-hybridized carbons (Fsp3) is 0.538. The maximum absolute atomic E-state index is 12.7. The van der Waals surface area contributed by atoms with Crippen LogP contribution < -0.4 is 0 Å². The van der Waals surface area contributed by atoms with Crippen molar-refractivity contribution >= 4 is 0 Å². The van der Waals surface area contributed by atoms with Crippen molar-refractivity contribution in [2.24, 2.45) is 0 Å². The molecule has 0 saturated heterocycles. The summed E-state index contributed by atoms with van der Waals surface area (Å²) < 4.78 is 12.7. The van der Waals surface area contributed by atoms with Crippen LogP contribution in [0, 0.1) is 5.82 Å². The summed E-state index contributed by atoms with van der Waals surface area (Å²) in [6, 6.07) is 6.88. The summed E-state index contributed by atoms with van der Waals surface area (Å²) in [5, 5.41) is 0. The van der Waals surface area contributed by atoms with Crippen molar-refractivity contribution in [2.75, 3.05) is 0 Å². The molecule has 0 aliphatic rings. The monoisotopic (exact) mass is 194 g/mol. The van der Waals surface area contributed by atoms with Gasteiger partial charge in [0.2, 0.25) is 0 Å². The van der Waals surface area contributed by atoms with Gasteiger partial charge in [-0.15, -0.1) is 0 Å². The average Bonchev–Trinajstić information content (AvgIpc) is 2.16. The third-order valence-corrected chi connectivity index (χ3v) is 2.78. The molecule has 1 aromatic carbocycles. The number of unbranched alkanes of at least 4 members (excludes halogenated alkanes) is 1. The van der Waals surface area contributed by atoms with Crippen molar-refractivity contribution in [1.82, 2.24) is 0 Å². The van der Waals surface area contributed by atoms with E-state index in [1.165, 1.54) is 18.4 Å². The Hall–Kier alpha value is -0.850. The molecule has 0 aromatic heterocycles. The van der Waals surface area contributed by atoms with E-state index in [0.717, 1.165) is 6.42 Å². The predicted molar refractivity (Wildman–Crippen MR) is 59.0 cm³/mol. The van der Waals surface area contributed by atoms with E-state index in [2.05, 4.69) is 20.8 Å². The summed E-state index contributed by atoms with van der Waals surface area (Å²) in [5.74, 6) is -0.153. The van der Waals surface area contributed by atoms with Gasteiger partial charge < -0.3 is 0 Å². The molecule has 1 rings (SSSR count). The SMILES string of the molecule is CCCCC(C)(C)c1ccc(F)cc1. The maximum atomic E-state index is 12.7. The van der Waals surface area contributed by atoms with Crippen LogP contribution in [0.25, 0.3) is 0 Å². The van der Waals surface area contributed by atoms with E-state index in [9.17, 15) is 4.39 Å². The van der Waals surface area contributed by atoms with Crippen molar-refractivity contribution in [3.63, 3.8) is 0 Å². The van der Waals surface area contributed by atoms with Gasteiger partial charge in [-0.1, -0.05) is 45.7 Å². The van der Waals surface area contributed by atoms with Crippen LogP contribution in [-0.2, 0) is 5.41 Å². The van der Waals surface area contributed by atoms with E-state index in [4.69, 9.17) is 0 Å². The zero-order valence-corrected chi connectivity index (χ0v) is 9.31. The Labute approximate surface area is 86.2 Å². The molecule has 0 atom stereocenters. The molecule has 0 unspecified atom stereocenters. The fourth-order valence-corrected chi connectivity index (χ4v) is 1.66. The molecule has 0 heterocycles. The first kappa shape index (κ1) is 11.2. The van der Waals surface area contributed by atoms with Crippen LogP contribution in [0.4, 0.5) is 4.39 Å². The molecule has 0 N–H and O–H groups in total. The van der Waals surface area contributed by atoms with Gasteiger partial charge >= 0.3 is 0 Å². The topological polar surface area (TPSA) is 0 Å². The Morgan fingerprint density at radius 2 is 1.71 bits per heavy atom. The molecule has 78 valence electrons. The normalized spacial score (nSPS) is 11.7. The summed E-state index contributed by atoms with van der Waals surface area (Å²) in [6.07, 6.45) is 3.60. The second-order valence-electron chi connectivity index (χ2n) is 4.49. The van der Waals surface area contributed by atoms with E-state index >= 15 is 0 Å². The lowest BCUT2D eigenvalue weighted by Crippen LogP contribution is -2.16. The molecule has 0 saturated carbocycles. The lowest BCUT2D eigenvalue weighted by Gasteiger charge is -2.25. The Morgan fingerprint density at radius 3 is 2.21 bits per heavy atom. The largest absolute Gasteiger partial charge is 0.207 e. The lowest BCUT2D eigenvalue weighted by molar-refractivity contribution is 0.457. The van der Waals surface area contributed by atoms with Gasteiger partial charge in [0.05, 0.1) is 0 Å². The zero-order valence-electron chi connectivity index (χ0n) is 9.31. The summed E-state index contributed by atoms with van der Waals surface area (Å²) >= 11 is 0. The molecule has 0 aliphatic carbocycles. The summed E-state index contributed by atoms with van der Waals surface area (Å²) in [4.78, 5) is 0. The summed E-state index contributed by atoms with van der Waals surface area (Å²) in [6.45, 7) is 6.63. The minimum atomic E-state index is -0.153. The predicted octanol–water partition coefficient (Wildman–Crippen LogP) is 4.29. The molecule has 1 aromatic rings. The number of hydrogen-bond donors (Lipinski definition) is 0. The van der Waals surface area contributed by atoms with Crippen molar-refractivity contribution in [3.05, 3.63) is 35.6 Å². The molecule has 0 bridgehead atoms. The molecule has 0 spiro atoms. The Morgan fingerprint density at radius 1 is 1.14 bits per heavy atom. The van der Waals surface area contributed by atoms with Crippen LogP contribution >= 0.6 is 0 Å². The van der Waals surface area contributed by atoms with Crippen LogP contribution in [0.15, 0.2) is 24.3 Å². The van der Waals surface area contributed by atoms with Crippen LogP contribution in [0.1, 0.15) is 45.6 Å². The molecule has 0 aliphatic heterocycles. The molecule has 0 radical (unpaired) electrons. The highest BCUT2D eigenvalue weighted by Gasteiger charge is 2.19. The molecule has 0 nitrogen and oxygen atoms in total. The van der Waals surface area contributed by atoms with E-state index in [0.29, 0.717) is 0 Å². The lowest BCUT2D eigenvalue weighted by atomic mass is 9.80. The van der Waals surface area contributed by atoms with Gasteiger partial charge in [0, 0.05) is 0 Å². The molecule has 1 heteroatoms. The number of halogens is 1. The van der Waals surface area contributed by atoms with Gasteiger partial charge in [-0.25, -0.2) is 4.39 Å². The number of rotatable bonds is 4. The molecular formula is C13H19F. The number of benzene rings is 1. The number of hydrogen-bond acceptors (Lipinski definition) is 0. The second kappa shape index (κ2) is 4.59. The third-order valence-electron chi connectivity index (χ3n) is 2.78. The van der Waals surface area contributed by atoms with E-state index in [-0.39, 0.29) is 11.2 Å². The Balaban J connectivity index is 2.75. The van der Waals surface area contributed by atoms with Crippen molar-refractivity contribution in [2.45, 2.75) is 45.4 Å². The smallest absolute Gasteiger partial charge is 0.123 e. The highest BCUT2D eigenvalue weighted by Crippen LogP contribution is 2.28. The van der Waals surface area contributed by atoms with Gasteiger partial charge in [0.15, 0.2) is 0 Å². The van der Waals surface area contributed by atoms with Crippen molar-refractivity contribution in [1.29, 1.82) is 0 Å². The first-order valence-corrected chi connectivity index (χ1v) is 5.32. The van der Waals surface area contributed by atoms with Crippen molar-refractivity contribution in [3.8, 4) is 0 Å². The van der Waals surface area contributed by atoms with Gasteiger partial charge in [-0.05, 0) is 29.5 Å². The third kappa shape index (κ3) is 2.83. The fourth-order valence-electron chi connectivity index (χ4n) is 1.66. The summed E-state index contributed by atoms with van der Waals surface area (Å²) in [7, 11) is 0. The molecule has 14 heavy (non-hydrogen) atoms. The van der Waals surface area contributed by atoms with Crippen LogP contribution in [0.5, 0.6) is 0 Å². The highest BCUT2D eigenvalue weighted by atomic mass is 19.1. The molecule has 0 amide bonds. The standard InChI is InChI=1S/C13H19F/c1-4-5-10-13(2,3)11-6-8-12(14)9-7-11/h6-9H,4-5,10H2,1-3H3. The molecule has 0 fully saturated rings. The van der Waals surface area contributed by atoms with Gasteiger partial charge in [0.25, 0.3) is 0 Å². The van der Waals surface area contributed by atoms with Crippen LogP contribution in [0.2, 0.25) is 0 Å². The van der Waals surface area contributed by atoms with Gasteiger partial charge in [0.1, 0.15) is 5.82 Å². The van der Waals surface area contributed by atoms with Gasteiger partial charge in [-0.2, -0.15) is 0 Å². The second-order valence-corrected chi connectivity index (χ2v) is 4.49. The zero-order chi connectivity index (χ0) is 10.6. The van der Waals surface area contributed by atoms with Crippen LogP contribution in [0.3, 0.4) is 0 Å². The first-order valence-electron chi connectivity index (χ1n) is 5.32. The minimum Gasteiger partial charge on any atom is -0.207 e. The van der Waals surface area contributed by atoms with E-state index < -0.39 is 0 Å². The van der Waals surface area contributed by atoms with E-state index in [1.807, 2.05) is 12.1 Å². The minimum absolute atomic E-state index is 0.153. The Kier molecular flexibility index (Phi) is 3.68. The highest BCUT2D eigenvalue weighted by molar-refractivity contribution is 5.23. The van der Waals surface area contributed by atoms with Crippen molar-refractivity contribution < 1.29 is 4.39 Å². The molecular weight excluding hydrogens is 175 g/mol. The van der Waals surface area contributed by atoms with Crippen LogP contribution in [-0.4, -0.2) is 0 Å². The van der Waals surface area contributed by atoms with Gasteiger partial charge in [-0.3, -0.25) is 0 Å².